The number of hydrogen-bond donors (Lipinski definition) is 3. The number of guanidine groups is 1. The van der Waals surface area contributed by atoms with Crippen LogP contribution in [0.2, 0.25) is 0 Å². The Bertz CT molecular complexity index is 407. The van der Waals surface area contributed by atoms with Gasteiger partial charge >= 0.3 is 0 Å². The third kappa shape index (κ3) is 6.51. The smallest absolute Gasteiger partial charge is 0.287 e. The molecule has 0 aliphatic rings. The number of amides is 1. The summed E-state index contributed by atoms with van der Waals surface area (Å²) in [6, 6.07) is 3.32. The van der Waals surface area contributed by atoms with Crippen molar-refractivity contribution in [3.63, 3.8) is 0 Å². The molecule has 7 heteroatoms. The molecule has 1 heterocycles. The van der Waals surface area contributed by atoms with Gasteiger partial charge < -0.3 is 20.4 Å². The molecular formula is C13H22N4O2S. The first-order chi connectivity index (χ1) is 9.77. The average Bonchev–Trinajstić information content (AvgIpc) is 2.97. The normalized spacial score (nSPS) is 11.2. The first kappa shape index (κ1) is 16.4. The van der Waals surface area contributed by atoms with E-state index in [9.17, 15) is 4.79 Å². The van der Waals surface area contributed by atoms with Crippen molar-refractivity contribution in [1.29, 1.82) is 0 Å². The molecule has 6 nitrogen and oxygen atoms in total. The number of carbonyl (C=O) groups is 1. The lowest BCUT2D eigenvalue weighted by Crippen LogP contribution is -2.41. The van der Waals surface area contributed by atoms with Crippen LogP contribution < -0.4 is 16.0 Å². The lowest BCUT2D eigenvalue weighted by atomic mass is 10.4. The molecule has 1 rings (SSSR count). The largest absolute Gasteiger partial charge is 0.459 e. The Morgan fingerprint density at radius 1 is 1.35 bits per heavy atom. The molecule has 0 radical (unpaired) electrons. The van der Waals surface area contributed by atoms with E-state index < -0.39 is 0 Å². The Kier molecular flexibility index (Phi) is 8.37. The minimum absolute atomic E-state index is 0.207. The second-order valence-electron chi connectivity index (χ2n) is 3.91. The van der Waals surface area contributed by atoms with E-state index in [-0.39, 0.29) is 5.91 Å². The van der Waals surface area contributed by atoms with Crippen LogP contribution in [0.4, 0.5) is 0 Å². The highest BCUT2D eigenvalue weighted by Crippen LogP contribution is 1.98. The number of hydrogen-bond acceptors (Lipinski definition) is 4. The third-order valence-corrected chi connectivity index (χ3v) is 2.95. The van der Waals surface area contributed by atoms with Gasteiger partial charge in [-0.25, -0.2) is 0 Å². The van der Waals surface area contributed by atoms with Crippen LogP contribution >= 0.6 is 11.8 Å². The van der Waals surface area contributed by atoms with Gasteiger partial charge in [0.25, 0.3) is 5.91 Å². The van der Waals surface area contributed by atoms with Crippen LogP contribution in [0.25, 0.3) is 0 Å². The van der Waals surface area contributed by atoms with E-state index >= 15 is 0 Å². The Hall–Kier alpha value is -1.63. The van der Waals surface area contributed by atoms with Crippen molar-refractivity contribution < 1.29 is 9.21 Å². The van der Waals surface area contributed by atoms with Crippen molar-refractivity contribution in [3.05, 3.63) is 24.2 Å². The van der Waals surface area contributed by atoms with E-state index in [1.807, 2.05) is 6.92 Å². The molecule has 0 fully saturated rings. The van der Waals surface area contributed by atoms with E-state index in [1.165, 1.54) is 6.26 Å². The van der Waals surface area contributed by atoms with Crippen LogP contribution in [0.5, 0.6) is 0 Å². The molecule has 0 aromatic carbocycles. The maximum absolute atomic E-state index is 11.6. The number of carbonyl (C=O) groups excluding carboxylic acids is 1. The Labute approximate surface area is 123 Å². The molecule has 0 aliphatic carbocycles. The number of rotatable bonds is 8. The molecular weight excluding hydrogens is 276 g/mol. The van der Waals surface area contributed by atoms with Crippen molar-refractivity contribution in [3.8, 4) is 0 Å². The Morgan fingerprint density at radius 3 is 2.80 bits per heavy atom. The second kappa shape index (κ2) is 10.2. The summed E-state index contributed by atoms with van der Waals surface area (Å²) in [6.45, 7) is 4.72. The van der Waals surface area contributed by atoms with Crippen LogP contribution in [0.15, 0.2) is 27.8 Å². The molecule has 3 N–H and O–H groups in total. The van der Waals surface area contributed by atoms with Crippen molar-refractivity contribution in [2.45, 2.75) is 6.92 Å². The van der Waals surface area contributed by atoms with Gasteiger partial charge in [-0.05, 0) is 25.3 Å². The molecule has 1 aromatic heterocycles. The van der Waals surface area contributed by atoms with Gasteiger partial charge in [-0.2, -0.15) is 11.8 Å². The lowest BCUT2D eigenvalue weighted by Gasteiger charge is -2.11. The number of nitrogens with zero attached hydrogens (tertiary/aromatic N) is 1. The molecule has 0 bridgehead atoms. The summed E-state index contributed by atoms with van der Waals surface area (Å²) < 4.78 is 5.01. The highest BCUT2D eigenvalue weighted by Gasteiger charge is 2.06. The zero-order valence-electron chi connectivity index (χ0n) is 11.9. The van der Waals surface area contributed by atoms with Gasteiger partial charge in [-0.15, -0.1) is 0 Å². The maximum atomic E-state index is 11.6. The van der Waals surface area contributed by atoms with E-state index in [4.69, 9.17) is 4.42 Å². The number of aliphatic imine (C=N–C) groups is 1. The number of furan rings is 1. The van der Waals surface area contributed by atoms with E-state index in [0.29, 0.717) is 18.8 Å². The summed E-state index contributed by atoms with van der Waals surface area (Å²) in [5, 5.41) is 9.09. The minimum atomic E-state index is -0.207. The van der Waals surface area contributed by atoms with Crippen molar-refractivity contribution in [1.82, 2.24) is 16.0 Å². The number of thioether (sulfide) groups is 1. The standard InChI is InChI=1S/C13H22N4O2S/c1-3-14-13(17-8-10-20-2)16-7-6-15-12(18)11-5-4-9-19-11/h4-5,9H,3,6-8,10H2,1-2H3,(H,15,18)(H2,14,16,17). The topological polar surface area (TPSA) is 78.7 Å². The molecule has 1 aromatic rings. The lowest BCUT2D eigenvalue weighted by molar-refractivity contribution is 0.0926. The summed E-state index contributed by atoms with van der Waals surface area (Å²) in [5.41, 5.74) is 0. The number of nitrogens with one attached hydrogen (secondary N) is 3. The van der Waals surface area contributed by atoms with Crippen LogP contribution in [0.1, 0.15) is 17.5 Å². The van der Waals surface area contributed by atoms with E-state index in [0.717, 1.165) is 24.8 Å². The van der Waals surface area contributed by atoms with Gasteiger partial charge in [-0.3, -0.25) is 9.79 Å². The van der Waals surface area contributed by atoms with Crippen LogP contribution in [0, 0.1) is 0 Å². The summed E-state index contributed by atoms with van der Waals surface area (Å²) >= 11 is 1.76. The fourth-order valence-corrected chi connectivity index (χ4v) is 1.72. The predicted octanol–water partition coefficient (Wildman–Crippen LogP) is 0.927. The first-order valence-corrected chi connectivity index (χ1v) is 8.00. The quantitative estimate of drug-likeness (QED) is 0.378. The van der Waals surface area contributed by atoms with Crippen molar-refractivity contribution in [2.24, 2.45) is 4.99 Å². The Morgan fingerprint density at radius 2 is 2.15 bits per heavy atom. The Balaban J connectivity index is 2.23. The monoisotopic (exact) mass is 298 g/mol. The fourth-order valence-electron chi connectivity index (χ4n) is 1.44. The molecule has 112 valence electrons. The van der Waals surface area contributed by atoms with Gasteiger partial charge in [0.1, 0.15) is 0 Å². The predicted molar refractivity (Wildman–Crippen MR) is 83.4 cm³/mol. The van der Waals surface area contributed by atoms with Crippen molar-refractivity contribution in [2.75, 3.05) is 38.2 Å². The highest BCUT2D eigenvalue weighted by molar-refractivity contribution is 7.98. The zero-order valence-corrected chi connectivity index (χ0v) is 12.8. The third-order valence-electron chi connectivity index (χ3n) is 2.36. The molecule has 1 amide bonds. The van der Waals surface area contributed by atoms with Crippen molar-refractivity contribution >= 4 is 23.6 Å². The van der Waals surface area contributed by atoms with Gasteiger partial charge in [-0.1, -0.05) is 0 Å². The zero-order chi connectivity index (χ0) is 14.6. The second-order valence-corrected chi connectivity index (χ2v) is 4.90. The minimum Gasteiger partial charge on any atom is -0.459 e. The SMILES string of the molecule is CCNC(=NCCSC)NCCNC(=O)c1ccco1. The summed E-state index contributed by atoms with van der Waals surface area (Å²) in [7, 11) is 0. The molecule has 0 spiro atoms. The summed E-state index contributed by atoms with van der Waals surface area (Å²) in [4.78, 5) is 16.0. The van der Waals surface area contributed by atoms with Gasteiger partial charge in [0.05, 0.1) is 12.8 Å². The summed E-state index contributed by atoms with van der Waals surface area (Å²) in [5.74, 6) is 1.88. The van der Waals surface area contributed by atoms with Gasteiger partial charge in [0.15, 0.2) is 11.7 Å². The highest BCUT2D eigenvalue weighted by atomic mass is 32.2. The maximum Gasteiger partial charge on any atom is 0.287 e. The van der Waals surface area contributed by atoms with Crippen LogP contribution in [0.3, 0.4) is 0 Å². The summed E-state index contributed by atoms with van der Waals surface area (Å²) in [6.07, 6.45) is 3.54. The van der Waals surface area contributed by atoms with Crippen LogP contribution in [-0.2, 0) is 0 Å². The molecule has 0 unspecified atom stereocenters. The molecule has 0 saturated heterocycles. The van der Waals surface area contributed by atoms with Crippen LogP contribution in [-0.4, -0.2) is 50.1 Å². The molecule has 0 saturated carbocycles. The fraction of sp³-hybridized carbons (Fsp3) is 0.538. The average molecular weight is 298 g/mol. The van der Waals surface area contributed by atoms with E-state index in [2.05, 4.69) is 27.2 Å². The molecule has 0 aliphatic heterocycles. The van der Waals surface area contributed by atoms with E-state index in [1.54, 1.807) is 23.9 Å². The first-order valence-electron chi connectivity index (χ1n) is 6.60. The van der Waals surface area contributed by atoms with Gasteiger partial charge in [0, 0.05) is 25.4 Å². The molecule has 0 atom stereocenters. The molecule has 20 heavy (non-hydrogen) atoms. The van der Waals surface area contributed by atoms with Gasteiger partial charge in [0.2, 0.25) is 0 Å².